The van der Waals surface area contributed by atoms with Crippen LogP contribution in [0.2, 0.25) is 18.6 Å². The molecule has 1 spiro atoms. The summed E-state index contributed by atoms with van der Waals surface area (Å²) in [5.74, 6) is -0.227. The summed E-state index contributed by atoms with van der Waals surface area (Å²) in [5.41, 5.74) is 3.12. The molecule has 1 fully saturated rings. The van der Waals surface area contributed by atoms with Crippen LogP contribution in [0.5, 0.6) is 0 Å². The molecule has 4 atom stereocenters. The molecule has 0 aliphatic carbocycles. The summed E-state index contributed by atoms with van der Waals surface area (Å²) in [4.78, 5) is 26.9. The highest BCUT2D eigenvalue weighted by Gasteiger charge is 2.65. The van der Waals surface area contributed by atoms with Crippen LogP contribution in [0, 0.1) is 5.92 Å². The molecule has 176 valence electrons. The number of benzene rings is 1. The molecule has 0 radical (unpaired) electrons. The van der Waals surface area contributed by atoms with Crippen molar-refractivity contribution in [3.8, 4) is 0 Å². The van der Waals surface area contributed by atoms with Crippen LogP contribution in [0.3, 0.4) is 0 Å². The lowest BCUT2D eigenvalue weighted by atomic mass is 9.82. The summed E-state index contributed by atoms with van der Waals surface area (Å²) in [6, 6.07) is 7.88. The Labute approximate surface area is 193 Å². The molecule has 1 amide bonds. The zero-order valence-electron chi connectivity index (χ0n) is 20.4. The highest BCUT2D eigenvalue weighted by molar-refractivity contribution is 6.71. The first kappa shape index (κ1) is 24.9. The number of aliphatic hydroxyl groups excluding tert-OH is 1. The van der Waals surface area contributed by atoms with E-state index in [1.165, 1.54) is 11.1 Å². The van der Waals surface area contributed by atoms with Crippen LogP contribution in [-0.2, 0) is 15.1 Å². The van der Waals surface area contributed by atoms with Crippen molar-refractivity contribution < 1.29 is 19.4 Å². The van der Waals surface area contributed by atoms with Gasteiger partial charge in [-0.25, -0.2) is 0 Å². The summed E-state index contributed by atoms with van der Waals surface area (Å²) in [5, 5.41) is 9.64. The Morgan fingerprint density at radius 2 is 1.91 bits per heavy atom. The van der Waals surface area contributed by atoms with Crippen LogP contribution >= 0.6 is 0 Å². The van der Waals surface area contributed by atoms with Crippen LogP contribution in [-0.4, -0.2) is 43.4 Å². The molecule has 0 aromatic heterocycles. The number of para-hydroxylation sites is 1. The van der Waals surface area contributed by atoms with Gasteiger partial charge in [-0.2, -0.15) is 0 Å². The molecule has 5 nitrogen and oxygen atoms in total. The Morgan fingerprint density at radius 1 is 1.22 bits per heavy atom. The van der Waals surface area contributed by atoms with Gasteiger partial charge in [-0.1, -0.05) is 48.4 Å². The molecule has 2 aliphatic heterocycles. The number of rotatable bonds is 8. The van der Waals surface area contributed by atoms with Crippen LogP contribution in [0.1, 0.15) is 52.5 Å². The smallest absolute Gasteiger partial charge is 0.264 e. The van der Waals surface area contributed by atoms with Crippen molar-refractivity contribution in [3.63, 3.8) is 0 Å². The molecule has 1 saturated heterocycles. The van der Waals surface area contributed by atoms with E-state index in [1.807, 2.05) is 49.2 Å². The number of fused-ring (bicyclic) bond motifs is 2. The maximum Gasteiger partial charge on any atom is 0.264 e. The molecule has 0 unspecified atom stereocenters. The number of ether oxygens (including phenoxy) is 1. The molecule has 0 bridgehead atoms. The van der Waals surface area contributed by atoms with Gasteiger partial charge in [0, 0.05) is 30.2 Å². The number of anilines is 1. The van der Waals surface area contributed by atoms with E-state index in [0.29, 0.717) is 13.0 Å². The third kappa shape index (κ3) is 4.51. The van der Waals surface area contributed by atoms with Crippen LogP contribution in [0.25, 0.3) is 0 Å². The van der Waals surface area contributed by atoms with E-state index < -0.39 is 13.9 Å². The summed E-state index contributed by atoms with van der Waals surface area (Å²) >= 11 is 0. The van der Waals surface area contributed by atoms with Gasteiger partial charge in [0.1, 0.15) is 0 Å². The highest BCUT2D eigenvalue weighted by Crippen LogP contribution is 2.59. The van der Waals surface area contributed by atoms with E-state index in [1.54, 1.807) is 0 Å². The maximum atomic E-state index is 14.0. The van der Waals surface area contributed by atoms with Crippen molar-refractivity contribution in [1.82, 2.24) is 0 Å². The standard InChI is InChI=1S/C26H39NO4Si/c1-18(2)10-9-11-19(3)14-16-27-22-13-8-7-12-21(22)26(25(27)29)20(4)24(32(5,6)30)23(31-26)15-17-28/h7-8,10,12-14,20,23-24,28,30H,9,11,15-17H2,1-6H3/b19-14+/t20-,23+,24-,26+/m0/s1. The van der Waals surface area contributed by atoms with E-state index in [9.17, 15) is 14.7 Å². The fourth-order valence-corrected chi connectivity index (χ4v) is 8.15. The third-order valence-electron chi connectivity index (χ3n) is 7.02. The quantitative estimate of drug-likeness (QED) is 0.430. The summed E-state index contributed by atoms with van der Waals surface area (Å²) < 4.78 is 6.56. The number of carbonyl (C=O) groups is 1. The maximum absolute atomic E-state index is 14.0. The first-order valence-corrected chi connectivity index (χ1v) is 14.8. The number of amides is 1. The minimum absolute atomic E-state index is 0.0262. The number of allylic oxidation sites excluding steroid dienone is 3. The predicted octanol–water partition coefficient (Wildman–Crippen LogP) is 4.91. The van der Waals surface area contributed by atoms with E-state index >= 15 is 0 Å². The SMILES string of the molecule is CC(C)=CCC/C(C)=C/CN1C(=O)[C@]2(O[C@H](CCO)[C@@H]([Si](C)(C)O)[C@@H]2C)c2ccccc21. The number of hydrogen-bond donors (Lipinski definition) is 2. The molecule has 1 aromatic carbocycles. The van der Waals surface area contributed by atoms with Crippen LogP contribution < -0.4 is 4.90 Å². The zero-order valence-corrected chi connectivity index (χ0v) is 21.4. The lowest BCUT2D eigenvalue weighted by molar-refractivity contribution is -0.146. The largest absolute Gasteiger partial charge is 0.432 e. The second-order valence-electron chi connectivity index (χ2n) is 10.2. The molecule has 32 heavy (non-hydrogen) atoms. The summed E-state index contributed by atoms with van der Waals surface area (Å²) in [6.45, 7) is 12.6. The Balaban J connectivity index is 1.94. The van der Waals surface area contributed by atoms with Crippen LogP contribution in [0.15, 0.2) is 47.6 Å². The fourth-order valence-electron chi connectivity index (χ4n) is 5.55. The van der Waals surface area contributed by atoms with Gasteiger partial charge in [0.2, 0.25) is 0 Å². The highest BCUT2D eigenvalue weighted by atomic mass is 28.4. The van der Waals surface area contributed by atoms with Gasteiger partial charge >= 0.3 is 0 Å². The zero-order chi connectivity index (χ0) is 23.7. The lowest BCUT2D eigenvalue weighted by Gasteiger charge is -2.32. The lowest BCUT2D eigenvalue weighted by Crippen LogP contribution is -2.46. The van der Waals surface area contributed by atoms with Gasteiger partial charge < -0.3 is 19.5 Å². The van der Waals surface area contributed by atoms with Crippen molar-refractivity contribution in [2.24, 2.45) is 5.92 Å². The molecule has 6 heteroatoms. The second-order valence-corrected chi connectivity index (χ2v) is 14.1. The molecule has 2 aliphatic rings. The van der Waals surface area contributed by atoms with Gasteiger partial charge in [-0.05, 0) is 59.2 Å². The molecule has 0 saturated carbocycles. The molecule has 2 heterocycles. The fraction of sp³-hybridized carbons (Fsp3) is 0.577. The summed E-state index contributed by atoms with van der Waals surface area (Å²) in [6.07, 6.45) is 6.43. The Kier molecular flexibility index (Phi) is 7.50. The van der Waals surface area contributed by atoms with Crippen LogP contribution in [0.4, 0.5) is 5.69 Å². The molecule has 1 aromatic rings. The predicted molar refractivity (Wildman–Crippen MR) is 132 cm³/mol. The summed E-state index contributed by atoms with van der Waals surface area (Å²) in [7, 11) is -2.64. The Hall–Kier alpha value is -1.73. The van der Waals surface area contributed by atoms with Gasteiger partial charge in [0.25, 0.3) is 5.91 Å². The van der Waals surface area contributed by atoms with Gasteiger partial charge in [0.15, 0.2) is 13.9 Å². The van der Waals surface area contributed by atoms with Gasteiger partial charge in [0.05, 0.1) is 11.8 Å². The second kappa shape index (κ2) is 9.63. The number of nitrogens with zero attached hydrogens (tertiary/aromatic N) is 1. The van der Waals surface area contributed by atoms with E-state index in [2.05, 4.69) is 32.9 Å². The minimum Gasteiger partial charge on any atom is -0.432 e. The molecular weight excluding hydrogens is 418 g/mol. The average Bonchev–Trinajstić information content (AvgIpc) is 3.13. The third-order valence-corrected chi connectivity index (χ3v) is 9.52. The average molecular weight is 458 g/mol. The first-order valence-electron chi connectivity index (χ1n) is 11.8. The van der Waals surface area contributed by atoms with Gasteiger partial charge in [-0.15, -0.1) is 0 Å². The molecular formula is C26H39NO4Si. The Morgan fingerprint density at radius 3 is 2.53 bits per heavy atom. The minimum atomic E-state index is -2.64. The van der Waals surface area contributed by atoms with E-state index in [-0.39, 0.29) is 30.1 Å². The monoisotopic (exact) mass is 457 g/mol. The number of aliphatic hydroxyl groups is 1. The van der Waals surface area contributed by atoms with Crippen molar-refractivity contribution >= 4 is 19.9 Å². The molecule has 3 rings (SSSR count). The van der Waals surface area contributed by atoms with Crippen molar-refractivity contribution in [2.75, 3.05) is 18.1 Å². The Bertz CT molecular complexity index is 899. The van der Waals surface area contributed by atoms with E-state index in [0.717, 1.165) is 24.1 Å². The van der Waals surface area contributed by atoms with Gasteiger partial charge in [-0.3, -0.25) is 4.79 Å². The number of carbonyl (C=O) groups excluding carboxylic acids is 1. The van der Waals surface area contributed by atoms with Crippen molar-refractivity contribution in [3.05, 3.63) is 53.1 Å². The van der Waals surface area contributed by atoms with Crippen molar-refractivity contribution in [1.29, 1.82) is 0 Å². The topological polar surface area (TPSA) is 70.0 Å². The van der Waals surface area contributed by atoms with Crippen molar-refractivity contribution in [2.45, 2.75) is 77.3 Å². The van der Waals surface area contributed by atoms with E-state index in [4.69, 9.17) is 4.74 Å². The number of hydrogen-bond acceptors (Lipinski definition) is 4. The normalized spacial score (nSPS) is 27.9. The first-order chi connectivity index (χ1) is 15.0. The molecule has 2 N–H and O–H groups in total.